The van der Waals surface area contributed by atoms with Crippen LogP contribution in [0.1, 0.15) is 51.0 Å². The quantitative estimate of drug-likeness (QED) is 0.469. The number of benzene rings is 1. The van der Waals surface area contributed by atoms with Crippen LogP contribution in [0.4, 0.5) is 0 Å². The predicted molar refractivity (Wildman–Crippen MR) is 99.4 cm³/mol. The Bertz CT molecular complexity index is 528. The summed E-state index contributed by atoms with van der Waals surface area (Å²) in [5, 5.41) is 3.53. The highest BCUT2D eigenvalue weighted by molar-refractivity contribution is 9.10. The number of hydrogen-bond acceptors (Lipinski definition) is 3. The molecule has 0 heterocycles. The lowest BCUT2D eigenvalue weighted by molar-refractivity contribution is 0.292. The second-order valence-corrected chi connectivity index (χ2v) is 6.85. The summed E-state index contributed by atoms with van der Waals surface area (Å²) in [6, 6.07) is 4.17. The molecule has 0 radical (unpaired) electrons. The van der Waals surface area contributed by atoms with Crippen molar-refractivity contribution in [3.63, 3.8) is 0 Å². The van der Waals surface area contributed by atoms with E-state index in [9.17, 15) is 0 Å². The van der Waals surface area contributed by atoms with E-state index in [2.05, 4.69) is 46.4 Å². The van der Waals surface area contributed by atoms with Crippen LogP contribution < -0.4 is 14.8 Å². The molecule has 0 aliphatic heterocycles. The van der Waals surface area contributed by atoms with Gasteiger partial charge in [-0.3, -0.25) is 0 Å². The van der Waals surface area contributed by atoms with Gasteiger partial charge in [-0.15, -0.1) is 0 Å². The molecule has 1 aromatic rings. The lowest BCUT2D eigenvalue weighted by Gasteiger charge is -2.15. The molecule has 23 heavy (non-hydrogen) atoms. The molecule has 128 valence electrons. The fourth-order valence-electron chi connectivity index (χ4n) is 2.83. The smallest absolute Gasteiger partial charge is 0.175 e. The highest BCUT2D eigenvalue weighted by Crippen LogP contribution is 2.36. The van der Waals surface area contributed by atoms with Crippen molar-refractivity contribution in [2.45, 2.75) is 52.0 Å². The molecule has 4 heteroatoms. The van der Waals surface area contributed by atoms with Gasteiger partial charge in [-0.2, -0.15) is 0 Å². The number of nitrogens with one attached hydrogen (secondary N) is 1. The van der Waals surface area contributed by atoms with Crippen molar-refractivity contribution in [3.8, 4) is 11.5 Å². The summed E-state index contributed by atoms with van der Waals surface area (Å²) < 4.78 is 12.2. The van der Waals surface area contributed by atoms with Crippen molar-refractivity contribution < 1.29 is 9.47 Å². The molecule has 2 rings (SSSR count). The third-order valence-electron chi connectivity index (χ3n) is 4.08. The zero-order valence-electron chi connectivity index (χ0n) is 14.3. The van der Waals surface area contributed by atoms with E-state index in [0.717, 1.165) is 41.9 Å². The Morgan fingerprint density at radius 1 is 1.26 bits per heavy atom. The highest BCUT2D eigenvalue weighted by atomic mass is 79.9. The minimum atomic E-state index is 0.696. The molecule has 0 fully saturated rings. The van der Waals surface area contributed by atoms with Crippen LogP contribution >= 0.6 is 15.9 Å². The molecular formula is C19H28BrNO2. The minimum Gasteiger partial charge on any atom is -0.493 e. The number of halogens is 1. The van der Waals surface area contributed by atoms with Crippen molar-refractivity contribution in [3.05, 3.63) is 33.8 Å². The normalized spacial score (nSPS) is 14.5. The number of rotatable bonds is 9. The van der Waals surface area contributed by atoms with Crippen molar-refractivity contribution >= 4 is 15.9 Å². The third-order valence-corrected chi connectivity index (χ3v) is 4.67. The maximum absolute atomic E-state index is 5.77. The molecule has 0 bridgehead atoms. The first-order valence-electron chi connectivity index (χ1n) is 8.62. The summed E-state index contributed by atoms with van der Waals surface area (Å²) in [4.78, 5) is 0. The topological polar surface area (TPSA) is 30.5 Å². The zero-order chi connectivity index (χ0) is 16.5. The maximum Gasteiger partial charge on any atom is 0.175 e. The lowest BCUT2D eigenvalue weighted by atomic mass is 9.97. The van der Waals surface area contributed by atoms with E-state index in [1.165, 1.54) is 31.2 Å². The van der Waals surface area contributed by atoms with Gasteiger partial charge in [0.1, 0.15) is 0 Å². The lowest BCUT2D eigenvalue weighted by Crippen LogP contribution is -2.16. The van der Waals surface area contributed by atoms with Crippen LogP contribution in [-0.4, -0.2) is 20.3 Å². The SMILES string of the molecule is CCCOc1c(Br)cc(CNCCC2=CCCCC2)cc1OC. The molecule has 1 N–H and O–H groups in total. The molecule has 0 atom stereocenters. The molecule has 0 saturated heterocycles. The van der Waals surface area contributed by atoms with Crippen LogP contribution in [0, 0.1) is 0 Å². The molecule has 0 spiro atoms. The molecule has 0 saturated carbocycles. The summed E-state index contributed by atoms with van der Waals surface area (Å²) in [5.41, 5.74) is 2.82. The Balaban J connectivity index is 1.87. The second kappa shape index (κ2) is 9.99. The average molecular weight is 382 g/mol. The van der Waals surface area contributed by atoms with Crippen LogP contribution in [0.2, 0.25) is 0 Å². The Morgan fingerprint density at radius 3 is 2.83 bits per heavy atom. The van der Waals surface area contributed by atoms with E-state index < -0.39 is 0 Å². The Labute approximate surface area is 148 Å². The van der Waals surface area contributed by atoms with Crippen LogP contribution in [0.25, 0.3) is 0 Å². The van der Waals surface area contributed by atoms with Gasteiger partial charge < -0.3 is 14.8 Å². The van der Waals surface area contributed by atoms with Gasteiger partial charge in [0.2, 0.25) is 0 Å². The maximum atomic E-state index is 5.77. The highest BCUT2D eigenvalue weighted by Gasteiger charge is 2.11. The van der Waals surface area contributed by atoms with Crippen LogP contribution in [0.5, 0.6) is 11.5 Å². The minimum absolute atomic E-state index is 0.696. The number of ether oxygens (including phenoxy) is 2. The van der Waals surface area contributed by atoms with E-state index in [4.69, 9.17) is 9.47 Å². The summed E-state index contributed by atoms with van der Waals surface area (Å²) >= 11 is 3.60. The summed E-state index contributed by atoms with van der Waals surface area (Å²) in [7, 11) is 1.69. The molecule has 0 unspecified atom stereocenters. The van der Waals surface area contributed by atoms with Gasteiger partial charge >= 0.3 is 0 Å². The van der Waals surface area contributed by atoms with Gasteiger partial charge in [0.15, 0.2) is 11.5 Å². The Morgan fingerprint density at radius 2 is 2.13 bits per heavy atom. The van der Waals surface area contributed by atoms with Crippen molar-refractivity contribution in [2.24, 2.45) is 0 Å². The molecule has 0 aromatic heterocycles. The number of allylic oxidation sites excluding steroid dienone is 1. The molecule has 3 nitrogen and oxygen atoms in total. The fraction of sp³-hybridized carbons (Fsp3) is 0.579. The summed E-state index contributed by atoms with van der Waals surface area (Å²) in [6.45, 7) is 4.66. The Hall–Kier alpha value is -1.00. The zero-order valence-corrected chi connectivity index (χ0v) is 15.9. The van der Waals surface area contributed by atoms with Gasteiger partial charge in [0, 0.05) is 6.54 Å². The van der Waals surface area contributed by atoms with Gasteiger partial charge in [-0.05, 0) is 78.7 Å². The monoisotopic (exact) mass is 381 g/mol. The van der Waals surface area contributed by atoms with Crippen LogP contribution in [-0.2, 0) is 6.54 Å². The molecule has 1 aliphatic rings. The third kappa shape index (κ3) is 5.85. The van der Waals surface area contributed by atoms with Crippen LogP contribution in [0.3, 0.4) is 0 Å². The van der Waals surface area contributed by atoms with Crippen LogP contribution in [0.15, 0.2) is 28.3 Å². The molecule has 1 aromatic carbocycles. The Kier molecular flexibility index (Phi) is 7.96. The standard InChI is InChI=1S/C19H28BrNO2/c1-3-11-23-19-17(20)12-16(13-18(19)22-2)14-21-10-9-15-7-5-4-6-8-15/h7,12-13,21H,3-6,8-11,14H2,1-2H3. The van der Waals surface area contributed by atoms with E-state index in [1.54, 1.807) is 12.7 Å². The van der Waals surface area contributed by atoms with E-state index in [-0.39, 0.29) is 0 Å². The predicted octanol–water partition coefficient (Wildman–Crippen LogP) is 5.23. The van der Waals surface area contributed by atoms with E-state index >= 15 is 0 Å². The van der Waals surface area contributed by atoms with Crippen molar-refractivity contribution in [2.75, 3.05) is 20.3 Å². The molecule has 0 amide bonds. The first-order valence-corrected chi connectivity index (χ1v) is 9.41. The van der Waals surface area contributed by atoms with E-state index in [0.29, 0.717) is 6.61 Å². The summed E-state index contributed by atoms with van der Waals surface area (Å²) in [5.74, 6) is 1.59. The van der Waals surface area contributed by atoms with Crippen molar-refractivity contribution in [1.82, 2.24) is 5.32 Å². The molecular weight excluding hydrogens is 354 g/mol. The number of hydrogen-bond donors (Lipinski definition) is 1. The summed E-state index contributed by atoms with van der Waals surface area (Å²) in [6.07, 6.45) is 9.82. The second-order valence-electron chi connectivity index (χ2n) is 5.99. The largest absolute Gasteiger partial charge is 0.493 e. The first kappa shape index (κ1) is 18.3. The fourth-order valence-corrected chi connectivity index (χ4v) is 3.44. The number of methoxy groups -OCH3 is 1. The van der Waals surface area contributed by atoms with Gasteiger partial charge in [0.05, 0.1) is 18.2 Å². The average Bonchev–Trinajstić information content (AvgIpc) is 2.58. The van der Waals surface area contributed by atoms with Gasteiger partial charge in [-0.1, -0.05) is 18.6 Å². The molecule has 1 aliphatic carbocycles. The van der Waals surface area contributed by atoms with E-state index in [1.807, 2.05) is 0 Å². The van der Waals surface area contributed by atoms with Gasteiger partial charge in [0.25, 0.3) is 0 Å². The van der Waals surface area contributed by atoms with Gasteiger partial charge in [-0.25, -0.2) is 0 Å². The first-order chi connectivity index (χ1) is 11.2. The van der Waals surface area contributed by atoms with Crippen molar-refractivity contribution in [1.29, 1.82) is 0 Å².